The molecule has 0 amide bonds. The van der Waals surface area contributed by atoms with E-state index in [4.69, 9.17) is 5.73 Å². The van der Waals surface area contributed by atoms with Crippen LogP contribution < -0.4 is 5.73 Å². The van der Waals surface area contributed by atoms with E-state index in [1.807, 2.05) is 0 Å². The first-order valence-corrected chi connectivity index (χ1v) is 2.90. The summed E-state index contributed by atoms with van der Waals surface area (Å²) in [6.07, 6.45) is -4.79. The molecule has 1 aromatic rings. The number of nitrogens with zero attached hydrogens (tertiary/aromatic N) is 1. The highest BCUT2D eigenvalue weighted by Crippen LogP contribution is 2.29. The van der Waals surface area contributed by atoms with Crippen molar-refractivity contribution in [1.29, 1.82) is 0 Å². The van der Waals surface area contributed by atoms with Gasteiger partial charge in [-0.15, -0.1) is 0 Å². The molecule has 1 heterocycles. The van der Waals surface area contributed by atoms with Crippen molar-refractivity contribution in [3.63, 3.8) is 0 Å². The minimum Gasteiger partial charge on any atom is -0.384 e. The summed E-state index contributed by atoms with van der Waals surface area (Å²) in [4.78, 5) is 2.82. The van der Waals surface area contributed by atoms with Gasteiger partial charge in [0.25, 0.3) is 0 Å². The van der Waals surface area contributed by atoms with Crippen LogP contribution in [0.1, 0.15) is 5.69 Å². The molecular weight excluding hydrogens is 176 g/mol. The fraction of sp³-hybridized carbons (Fsp3) is 0.167. The Kier molecular flexibility index (Phi) is 1.91. The summed E-state index contributed by atoms with van der Waals surface area (Å²) in [7, 11) is 0. The Morgan fingerprint density at radius 1 is 1.25 bits per heavy atom. The monoisotopic (exact) mass is 180 g/mol. The molecule has 2 N–H and O–H groups in total. The molecule has 0 radical (unpaired) electrons. The maximum atomic E-state index is 12.4. The summed E-state index contributed by atoms with van der Waals surface area (Å²) in [5.74, 6) is -1.78. The first-order valence-electron chi connectivity index (χ1n) is 2.90. The van der Waals surface area contributed by atoms with Crippen molar-refractivity contribution in [3.05, 3.63) is 23.6 Å². The Morgan fingerprint density at radius 2 is 1.83 bits per heavy atom. The highest BCUT2D eigenvalue weighted by atomic mass is 19.4. The molecule has 0 aliphatic rings. The molecule has 12 heavy (non-hydrogen) atoms. The third-order valence-corrected chi connectivity index (χ3v) is 1.14. The maximum absolute atomic E-state index is 12.4. The number of halogens is 4. The van der Waals surface area contributed by atoms with E-state index >= 15 is 0 Å². The van der Waals surface area contributed by atoms with E-state index in [1.165, 1.54) is 0 Å². The van der Waals surface area contributed by atoms with Gasteiger partial charge in [0.2, 0.25) is 0 Å². The Morgan fingerprint density at radius 3 is 2.25 bits per heavy atom. The van der Waals surface area contributed by atoms with Crippen LogP contribution in [0.3, 0.4) is 0 Å². The van der Waals surface area contributed by atoms with Crippen molar-refractivity contribution >= 4 is 5.82 Å². The lowest BCUT2D eigenvalue weighted by atomic mass is 10.3. The quantitative estimate of drug-likeness (QED) is 0.618. The molecule has 1 rings (SSSR count). The highest BCUT2D eigenvalue weighted by Gasteiger charge is 2.36. The van der Waals surface area contributed by atoms with Crippen molar-refractivity contribution in [2.24, 2.45) is 0 Å². The van der Waals surface area contributed by atoms with Gasteiger partial charge in [0.05, 0.1) is 0 Å². The van der Waals surface area contributed by atoms with Crippen molar-refractivity contribution in [2.75, 3.05) is 5.73 Å². The molecule has 2 nitrogen and oxygen atoms in total. The molecule has 6 heteroatoms. The fourth-order valence-corrected chi connectivity index (χ4v) is 0.656. The summed E-state index contributed by atoms with van der Waals surface area (Å²) < 4.78 is 48.0. The van der Waals surface area contributed by atoms with Crippen molar-refractivity contribution in [1.82, 2.24) is 4.98 Å². The number of nitrogen functional groups attached to an aromatic ring is 1. The molecule has 1 aromatic heterocycles. The number of rotatable bonds is 0. The third kappa shape index (κ3) is 1.63. The smallest absolute Gasteiger partial charge is 0.384 e. The zero-order valence-electron chi connectivity index (χ0n) is 5.69. The molecule has 0 bridgehead atoms. The van der Waals surface area contributed by atoms with Gasteiger partial charge >= 0.3 is 6.18 Å². The van der Waals surface area contributed by atoms with Crippen LogP contribution in [0, 0.1) is 5.82 Å². The molecule has 0 saturated carbocycles. The van der Waals surface area contributed by atoms with E-state index in [-0.39, 0.29) is 5.82 Å². The van der Waals surface area contributed by atoms with Crippen molar-refractivity contribution < 1.29 is 17.6 Å². The molecule has 0 aliphatic carbocycles. The molecule has 0 saturated heterocycles. The standard InChI is InChI=1S/C6H4F4N2/c7-3-1-2-4(11)12-5(3)6(8,9)10/h1-2H,(H2,11,12). The topological polar surface area (TPSA) is 38.9 Å². The second kappa shape index (κ2) is 2.62. The van der Waals surface area contributed by atoms with E-state index < -0.39 is 17.7 Å². The predicted octanol–water partition coefficient (Wildman–Crippen LogP) is 1.82. The minimum atomic E-state index is -4.79. The lowest BCUT2D eigenvalue weighted by molar-refractivity contribution is -0.143. The van der Waals surface area contributed by atoms with Crippen LogP contribution in [0.25, 0.3) is 0 Å². The van der Waals surface area contributed by atoms with Crippen LogP contribution in [-0.4, -0.2) is 4.98 Å². The lowest BCUT2D eigenvalue weighted by Crippen LogP contribution is -2.12. The average Bonchev–Trinajstić information content (AvgIpc) is 1.92. The van der Waals surface area contributed by atoms with Gasteiger partial charge < -0.3 is 5.73 Å². The van der Waals surface area contributed by atoms with Crippen molar-refractivity contribution in [3.8, 4) is 0 Å². The van der Waals surface area contributed by atoms with Gasteiger partial charge in [-0.25, -0.2) is 9.37 Å². The highest BCUT2D eigenvalue weighted by molar-refractivity contribution is 5.30. The van der Waals surface area contributed by atoms with Gasteiger partial charge in [-0.05, 0) is 12.1 Å². The van der Waals surface area contributed by atoms with Crippen LogP contribution in [-0.2, 0) is 6.18 Å². The van der Waals surface area contributed by atoms with E-state index in [0.717, 1.165) is 6.07 Å². The first-order chi connectivity index (χ1) is 5.41. The van der Waals surface area contributed by atoms with Crippen LogP contribution in [0.4, 0.5) is 23.4 Å². The summed E-state index contributed by atoms with van der Waals surface area (Å²) >= 11 is 0. The van der Waals surface area contributed by atoms with Crippen molar-refractivity contribution in [2.45, 2.75) is 6.18 Å². The number of anilines is 1. The molecule has 66 valence electrons. The Labute approximate surface area is 65.0 Å². The second-order valence-corrected chi connectivity index (χ2v) is 2.06. The van der Waals surface area contributed by atoms with Gasteiger partial charge in [-0.1, -0.05) is 0 Å². The van der Waals surface area contributed by atoms with Crippen LogP contribution in [0.15, 0.2) is 12.1 Å². The van der Waals surface area contributed by atoms with Gasteiger partial charge in [0.1, 0.15) is 5.82 Å². The summed E-state index contributed by atoms with van der Waals surface area (Å²) in [6.45, 7) is 0. The number of nitrogens with two attached hydrogens (primary N) is 1. The zero-order valence-corrected chi connectivity index (χ0v) is 5.69. The van der Waals surface area contributed by atoms with E-state index in [9.17, 15) is 17.6 Å². The third-order valence-electron chi connectivity index (χ3n) is 1.14. The van der Waals surface area contributed by atoms with E-state index in [1.54, 1.807) is 0 Å². The molecule has 0 aromatic carbocycles. The molecule has 0 unspecified atom stereocenters. The number of alkyl halides is 3. The molecule has 0 atom stereocenters. The number of aromatic nitrogens is 1. The SMILES string of the molecule is Nc1ccc(F)c(C(F)(F)F)n1. The summed E-state index contributed by atoms with van der Waals surface area (Å²) in [5, 5.41) is 0. The van der Waals surface area contributed by atoms with E-state index in [2.05, 4.69) is 4.98 Å². The average molecular weight is 180 g/mol. The maximum Gasteiger partial charge on any atom is 0.436 e. The van der Waals surface area contributed by atoms with Gasteiger partial charge in [-0.3, -0.25) is 0 Å². The lowest BCUT2D eigenvalue weighted by Gasteiger charge is -2.06. The molecule has 0 spiro atoms. The van der Waals surface area contributed by atoms with Gasteiger partial charge in [0.15, 0.2) is 11.5 Å². The number of pyridine rings is 1. The van der Waals surface area contributed by atoms with E-state index in [0.29, 0.717) is 6.07 Å². The minimum absolute atomic E-state index is 0.358. The molecular formula is C6H4F4N2. The zero-order chi connectivity index (χ0) is 9.35. The van der Waals surface area contributed by atoms with Gasteiger partial charge in [-0.2, -0.15) is 13.2 Å². The Bertz CT molecular complexity index is 294. The van der Waals surface area contributed by atoms with Crippen LogP contribution in [0.5, 0.6) is 0 Å². The Balaban J connectivity index is 3.23. The molecule has 0 fully saturated rings. The number of hydrogen-bond acceptors (Lipinski definition) is 2. The largest absolute Gasteiger partial charge is 0.436 e. The number of hydrogen-bond donors (Lipinski definition) is 1. The molecule has 0 aliphatic heterocycles. The summed E-state index contributed by atoms with van der Waals surface area (Å²) in [6, 6.07) is 1.59. The summed E-state index contributed by atoms with van der Waals surface area (Å²) in [5.41, 5.74) is 3.37. The normalized spacial score (nSPS) is 11.7. The van der Waals surface area contributed by atoms with Crippen LogP contribution >= 0.6 is 0 Å². The predicted molar refractivity (Wildman–Crippen MR) is 33.6 cm³/mol. The fourth-order valence-electron chi connectivity index (χ4n) is 0.656. The van der Waals surface area contributed by atoms with Gasteiger partial charge in [0, 0.05) is 0 Å². The van der Waals surface area contributed by atoms with Crippen LogP contribution in [0.2, 0.25) is 0 Å². The second-order valence-electron chi connectivity index (χ2n) is 2.06. The Hall–Kier alpha value is -1.33. The first kappa shape index (κ1) is 8.76.